The number of benzene rings is 1. The van der Waals surface area contributed by atoms with E-state index in [0.29, 0.717) is 12.1 Å². The second kappa shape index (κ2) is 5.99. The Morgan fingerprint density at radius 1 is 1.28 bits per heavy atom. The smallest absolute Gasteiger partial charge is 0.0991 e. The molecule has 0 saturated carbocycles. The highest BCUT2D eigenvalue weighted by atomic mass is 16.3. The number of aliphatic hydroxyl groups is 1. The number of nitriles is 1. The van der Waals surface area contributed by atoms with Crippen molar-refractivity contribution in [2.75, 3.05) is 6.54 Å². The van der Waals surface area contributed by atoms with Crippen LogP contribution in [-0.4, -0.2) is 17.8 Å². The quantitative estimate of drug-likeness (QED) is 0.858. The topological polar surface area (TPSA) is 56.0 Å². The van der Waals surface area contributed by atoms with Crippen LogP contribution in [0.25, 0.3) is 0 Å². The predicted molar refractivity (Wildman–Crippen MR) is 73.0 cm³/mol. The Balaban J connectivity index is 2.55. The summed E-state index contributed by atoms with van der Waals surface area (Å²) in [5.74, 6) is 0. The summed E-state index contributed by atoms with van der Waals surface area (Å²) < 4.78 is 0. The summed E-state index contributed by atoms with van der Waals surface area (Å²) >= 11 is 0. The van der Waals surface area contributed by atoms with Crippen LogP contribution >= 0.6 is 0 Å². The fourth-order valence-electron chi connectivity index (χ4n) is 1.56. The average molecular weight is 246 g/mol. The molecule has 0 aliphatic heterocycles. The molecule has 2 atom stereocenters. The van der Waals surface area contributed by atoms with Gasteiger partial charge in [-0.1, -0.05) is 32.9 Å². The molecule has 0 saturated heterocycles. The normalized spacial score (nSPS) is 14.9. The monoisotopic (exact) mass is 246 g/mol. The maximum absolute atomic E-state index is 9.96. The van der Waals surface area contributed by atoms with Crippen molar-refractivity contribution < 1.29 is 5.11 Å². The van der Waals surface area contributed by atoms with Crippen LogP contribution in [0.2, 0.25) is 0 Å². The minimum atomic E-state index is -0.377. The molecule has 3 heteroatoms. The van der Waals surface area contributed by atoms with Crippen LogP contribution in [0.1, 0.15) is 44.9 Å². The zero-order valence-corrected chi connectivity index (χ0v) is 11.6. The van der Waals surface area contributed by atoms with Gasteiger partial charge in [0.05, 0.1) is 17.7 Å². The zero-order valence-electron chi connectivity index (χ0n) is 11.6. The molecular formula is C15H22N2O. The van der Waals surface area contributed by atoms with Crippen molar-refractivity contribution in [1.82, 2.24) is 5.32 Å². The highest BCUT2D eigenvalue weighted by Gasteiger charge is 2.22. The van der Waals surface area contributed by atoms with Crippen LogP contribution in [0.4, 0.5) is 0 Å². The first-order chi connectivity index (χ1) is 8.34. The van der Waals surface area contributed by atoms with Gasteiger partial charge in [0.1, 0.15) is 0 Å². The summed E-state index contributed by atoms with van der Waals surface area (Å²) in [5.41, 5.74) is 1.67. The second-order valence-electron chi connectivity index (χ2n) is 5.75. The third-order valence-electron chi connectivity index (χ3n) is 3.16. The number of nitrogens with zero attached hydrogens (tertiary/aromatic N) is 1. The highest BCUT2D eigenvalue weighted by molar-refractivity contribution is 5.32. The van der Waals surface area contributed by atoms with Crippen LogP contribution < -0.4 is 5.32 Å². The van der Waals surface area contributed by atoms with E-state index in [1.807, 2.05) is 45.0 Å². The summed E-state index contributed by atoms with van der Waals surface area (Å²) in [6, 6.07) is 9.78. The molecule has 0 aliphatic carbocycles. The van der Waals surface area contributed by atoms with Crippen LogP contribution in [0.3, 0.4) is 0 Å². The SMILES string of the molecule is CC(NCC(O)C(C)(C)C)c1ccc(C#N)cc1. The maximum Gasteiger partial charge on any atom is 0.0991 e. The molecular weight excluding hydrogens is 224 g/mol. The van der Waals surface area contributed by atoms with E-state index in [1.54, 1.807) is 0 Å². The zero-order chi connectivity index (χ0) is 13.8. The van der Waals surface area contributed by atoms with Gasteiger partial charge in [0.15, 0.2) is 0 Å². The van der Waals surface area contributed by atoms with Gasteiger partial charge in [-0.05, 0) is 30.0 Å². The summed E-state index contributed by atoms with van der Waals surface area (Å²) in [5, 5.41) is 22.0. The minimum absolute atomic E-state index is 0.114. The predicted octanol–water partition coefficient (Wildman–Crippen LogP) is 2.62. The molecule has 2 N–H and O–H groups in total. The Morgan fingerprint density at radius 3 is 2.28 bits per heavy atom. The van der Waals surface area contributed by atoms with E-state index in [4.69, 9.17) is 5.26 Å². The molecule has 0 amide bonds. The standard InChI is InChI=1S/C15H22N2O/c1-11(17-10-14(18)15(2,3)4)13-7-5-12(9-16)6-8-13/h5-8,11,14,17-18H,10H2,1-4H3. The molecule has 0 aromatic heterocycles. The molecule has 1 rings (SSSR count). The van der Waals surface area contributed by atoms with Crippen LogP contribution in [0.15, 0.2) is 24.3 Å². The van der Waals surface area contributed by atoms with Gasteiger partial charge in [0.2, 0.25) is 0 Å². The molecule has 1 aromatic carbocycles. The van der Waals surface area contributed by atoms with Gasteiger partial charge < -0.3 is 10.4 Å². The first-order valence-corrected chi connectivity index (χ1v) is 6.26. The van der Waals surface area contributed by atoms with Gasteiger partial charge in [0.25, 0.3) is 0 Å². The molecule has 0 aliphatic rings. The molecule has 98 valence electrons. The molecule has 0 heterocycles. The fourth-order valence-corrected chi connectivity index (χ4v) is 1.56. The lowest BCUT2D eigenvalue weighted by Gasteiger charge is -2.27. The highest BCUT2D eigenvalue weighted by Crippen LogP contribution is 2.19. The molecule has 3 nitrogen and oxygen atoms in total. The lowest BCUT2D eigenvalue weighted by atomic mass is 9.89. The number of nitrogens with one attached hydrogen (secondary N) is 1. The number of rotatable bonds is 4. The van der Waals surface area contributed by atoms with Crippen LogP contribution in [-0.2, 0) is 0 Å². The Hall–Kier alpha value is -1.37. The number of hydrogen-bond donors (Lipinski definition) is 2. The summed E-state index contributed by atoms with van der Waals surface area (Å²) in [4.78, 5) is 0. The number of hydrogen-bond acceptors (Lipinski definition) is 3. The summed E-state index contributed by atoms with van der Waals surface area (Å²) in [6.07, 6.45) is -0.377. The van der Waals surface area contributed by atoms with Gasteiger partial charge in [-0.25, -0.2) is 0 Å². The van der Waals surface area contributed by atoms with Gasteiger partial charge in [-0.2, -0.15) is 5.26 Å². The number of aliphatic hydroxyl groups excluding tert-OH is 1. The van der Waals surface area contributed by atoms with Crippen molar-refractivity contribution in [1.29, 1.82) is 5.26 Å². The third kappa shape index (κ3) is 4.14. The van der Waals surface area contributed by atoms with E-state index >= 15 is 0 Å². The van der Waals surface area contributed by atoms with Crippen molar-refractivity contribution in [3.05, 3.63) is 35.4 Å². The van der Waals surface area contributed by atoms with Gasteiger partial charge in [0, 0.05) is 12.6 Å². The molecule has 18 heavy (non-hydrogen) atoms. The first kappa shape index (κ1) is 14.7. The van der Waals surface area contributed by atoms with Crippen molar-refractivity contribution in [2.24, 2.45) is 5.41 Å². The Bertz CT molecular complexity index is 412. The molecule has 0 radical (unpaired) electrons. The second-order valence-corrected chi connectivity index (χ2v) is 5.75. The lowest BCUT2D eigenvalue weighted by molar-refractivity contribution is 0.0609. The maximum atomic E-state index is 9.96. The van der Waals surface area contributed by atoms with E-state index in [-0.39, 0.29) is 17.6 Å². The molecule has 0 fully saturated rings. The van der Waals surface area contributed by atoms with Crippen molar-refractivity contribution in [3.63, 3.8) is 0 Å². The van der Waals surface area contributed by atoms with Gasteiger partial charge in [-0.3, -0.25) is 0 Å². The molecule has 1 aromatic rings. The Labute approximate surface area is 109 Å². The first-order valence-electron chi connectivity index (χ1n) is 6.26. The van der Waals surface area contributed by atoms with Crippen molar-refractivity contribution in [3.8, 4) is 6.07 Å². The Kier molecular flexibility index (Phi) is 4.89. The van der Waals surface area contributed by atoms with E-state index in [2.05, 4.69) is 18.3 Å². The Morgan fingerprint density at radius 2 is 1.83 bits per heavy atom. The molecule has 0 bridgehead atoms. The summed E-state index contributed by atoms with van der Waals surface area (Å²) in [6.45, 7) is 8.67. The molecule has 2 unspecified atom stereocenters. The van der Waals surface area contributed by atoms with Gasteiger partial charge in [-0.15, -0.1) is 0 Å². The van der Waals surface area contributed by atoms with E-state index in [0.717, 1.165) is 5.56 Å². The summed E-state index contributed by atoms with van der Waals surface area (Å²) in [7, 11) is 0. The van der Waals surface area contributed by atoms with Crippen molar-refractivity contribution >= 4 is 0 Å². The van der Waals surface area contributed by atoms with Crippen LogP contribution in [0, 0.1) is 16.7 Å². The van der Waals surface area contributed by atoms with E-state index in [9.17, 15) is 5.11 Å². The third-order valence-corrected chi connectivity index (χ3v) is 3.16. The van der Waals surface area contributed by atoms with Crippen LogP contribution in [0.5, 0.6) is 0 Å². The van der Waals surface area contributed by atoms with Gasteiger partial charge >= 0.3 is 0 Å². The average Bonchev–Trinajstić information content (AvgIpc) is 2.34. The van der Waals surface area contributed by atoms with Crippen molar-refractivity contribution in [2.45, 2.75) is 39.8 Å². The van der Waals surface area contributed by atoms with E-state index < -0.39 is 0 Å². The lowest BCUT2D eigenvalue weighted by Crippen LogP contribution is -2.37. The largest absolute Gasteiger partial charge is 0.391 e. The fraction of sp³-hybridized carbons (Fsp3) is 0.533. The molecule has 0 spiro atoms. The minimum Gasteiger partial charge on any atom is -0.391 e. The van der Waals surface area contributed by atoms with E-state index in [1.165, 1.54) is 0 Å².